The third-order valence-electron chi connectivity index (χ3n) is 7.25. The predicted octanol–water partition coefficient (Wildman–Crippen LogP) is 6.60. The van der Waals surface area contributed by atoms with Gasteiger partial charge in [0.1, 0.15) is 11.3 Å². The lowest BCUT2D eigenvalue weighted by Gasteiger charge is -2.26. The predicted molar refractivity (Wildman–Crippen MR) is 150 cm³/mol. The first kappa shape index (κ1) is 26.9. The minimum Gasteiger partial charge on any atom is -0.493 e. The van der Waals surface area contributed by atoms with E-state index in [9.17, 15) is 9.59 Å². The summed E-state index contributed by atoms with van der Waals surface area (Å²) in [6.45, 7) is 12.2. The molecule has 4 rings (SSSR count). The lowest BCUT2D eigenvalue weighted by atomic mass is 9.97. The number of rotatable bonds is 10. The second-order valence-electron chi connectivity index (χ2n) is 10.5. The van der Waals surface area contributed by atoms with E-state index in [2.05, 4.69) is 31.7 Å². The molecule has 1 fully saturated rings. The maximum atomic E-state index is 13.1. The zero-order chi connectivity index (χ0) is 26.4. The average molecular weight is 502 g/mol. The summed E-state index contributed by atoms with van der Waals surface area (Å²) in [4.78, 5) is 28.4. The Morgan fingerprint density at radius 2 is 1.81 bits per heavy atom. The fourth-order valence-corrected chi connectivity index (χ4v) is 4.94. The third kappa shape index (κ3) is 6.98. The Bertz CT molecular complexity index is 1340. The van der Waals surface area contributed by atoms with E-state index in [1.165, 1.54) is 37.9 Å². The van der Waals surface area contributed by atoms with E-state index >= 15 is 0 Å². The van der Waals surface area contributed by atoms with Gasteiger partial charge in [-0.25, -0.2) is 4.79 Å². The molecule has 0 bridgehead atoms. The van der Waals surface area contributed by atoms with Crippen LogP contribution in [0.3, 0.4) is 0 Å². The van der Waals surface area contributed by atoms with Gasteiger partial charge in [0.25, 0.3) is 0 Å². The Hall–Kier alpha value is -3.18. The number of likely N-dealkylation sites (tertiary alicyclic amines) is 1. The molecule has 196 valence electrons. The van der Waals surface area contributed by atoms with E-state index in [-0.39, 0.29) is 12.2 Å². The van der Waals surface area contributed by atoms with Gasteiger partial charge in [-0.3, -0.25) is 4.79 Å². The van der Waals surface area contributed by atoms with E-state index in [4.69, 9.17) is 9.15 Å². The normalized spacial score (nSPS) is 14.1. The van der Waals surface area contributed by atoms with Gasteiger partial charge >= 0.3 is 5.63 Å². The van der Waals surface area contributed by atoms with Gasteiger partial charge in [0.15, 0.2) is 5.78 Å². The molecule has 1 aliphatic rings. The van der Waals surface area contributed by atoms with Crippen molar-refractivity contribution in [3.05, 3.63) is 86.3 Å². The lowest BCUT2D eigenvalue weighted by Crippen LogP contribution is -2.31. The van der Waals surface area contributed by atoms with Crippen molar-refractivity contribution in [2.45, 2.75) is 66.2 Å². The summed E-state index contributed by atoms with van der Waals surface area (Å²) in [6, 6.07) is 11.4. The number of ketones is 1. The van der Waals surface area contributed by atoms with Gasteiger partial charge in [-0.15, -0.1) is 0 Å². The third-order valence-corrected chi connectivity index (χ3v) is 7.25. The minimum absolute atomic E-state index is 0.0111. The van der Waals surface area contributed by atoms with E-state index < -0.39 is 5.63 Å². The van der Waals surface area contributed by atoms with Crippen LogP contribution in [-0.2, 0) is 12.8 Å². The number of allylic oxidation sites excluding steroid dienone is 2. The SMILES string of the molecule is CC(C)=CCc1cc(C(=O)Cc2cc3ccc(OCCCN4CCCCC4)c(C)c3oc2=O)ccc1C. The van der Waals surface area contributed by atoms with Crippen LogP contribution in [0.4, 0.5) is 0 Å². The number of ether oxygens (including phenoxy) is 1. The number of nitrogens with zero attached hydrogens (tertiary/aromatic N) is 1. The highest BCUT2D eigenvalue weighted by Crippen LogP contribution is 2.27. The molecular formula is C32H39NO4. The Kier molecular flexibility index (Phi) is 8.99. The molecule has 5 heteroatoms. The van der Waals surface area contributed by atoms with Gasteiger partial charge < -0.3 is 14.1 Å². The van der Waals surface area contributed by atoms with Crippen molar-refractivity contribution < 1.29 is 13.9 Å². The molecule has 2 heterocycles. The van der Waals surface area contributed by atoms with Crippen LogP contribution in [0.5, 0.6) is 5.75 Å². The first-order chi connectivity index (χ1) is 17.8. The minimum atomic E-state index is -0.469. The molecule has 5 nitrogen and oxygen atoms in total. The highest BCUT2D eigenvalue weighted by molar-refractivity contribution is 5.98. The van der Waals surface area contributed by atoms with Gasteiger partial charge in [-0.1, -0.05) is 30.2 Å². The number of piperidine rings is 1. The molecule has 0 atom stereocenters. The maximum Gasteiger partial charge on any atom is 0.339 e. The smallest absolute Gasteiger partial charge is 0.339 e. The first-order valence-electron chi connectivity index (χ1n) is 13.5. The second kappa shape index (κ2) is 12.4. The van der Waals surface area contributed by atoms with Crippen molar-refractivity contribution in [1.82, 2.24) is 4.90 Å². The molecule has 3 aromatic rings. The average Bonchev–Trinajstić information content (AvgIpc) is 2.88. The van der Waals surface area contributed by atoms with Crippen molar-refractivity contribution >= 4 is 16.8 Å². The van der Waals surface area contributed by atoms with Crippen molar-refractivity contribution in [1.29, 1.82) is 0 Å². The Morgan fingerprint density at radius 3 is 2.57 bits per heavy atom. The Balaban J connectivity index is 1.44. The summed E-state index contributed by atoms with van der Waals surface area (Å²) in [5.74, 6) is 0.650. The highest BCUT2D eigenvalue weighted by atomic mass is 16.5. The van der Waals surface area contributed by atoms with Gasteiger partial charge in [-0.2, -0.15) is 0 Å². The largest absolute Gasteiger partial charge is 0.493 e. The maximum absolute atomic E-state index is 13.1. The van der Waals surface area contributed by atoms with Crippen LogP contribution in [0.15, 0.2) is 57.3 Å². The number of hydrogen-bond donors (Lipinski definition) is 0. The molecule has 0 saturated carbocycles. The molecule has 0 spiro atoms. The number of carbonyl (C=O) groups excluding carboxylic acids is 1. The Labute approximate surface area is 220 Å². The second-order valence-corrected chi connectivity index (χ2v) is 10.5. The number of carbonyl (C=O) groups is 1. The summed E-state index contributed by atoms with van der Waals surface area (Å²) in [7, 11) is 0. The van der Waals surface area contributed by atoms with Gasteiger partial charge in [0.05, 0.1) is 6.61 Å². The summed E-state index contributed by atoms with van der Waals surface area (Å²) in [5, 5.41) is 0.800. The standard InChI is InChI=1S/C32H39NO4/c1-22(2)9-11-25-19-26(12-10-23(25)3)29(34)21-28-20-27-13-14-30(24(4)31(27)37-32(28)35)36-18-8-17-33-15-6-5-7-16-33/h9-10,12-14,19-20H,5-8,11,15-18,21H2,1-4H3. The highest BCUT2D eigenvalue weighted by Gasteiger charge is 2.16. The fraction of sp³-hybridized carbons (Fsp3) is 0.438. The number of aryl methyl sites for hydroxylation is 2. The lowest BCUT2D eigenvalue weighted by molar-refractivity contribution is 0.0992. The summed E-state index contributed by atoms with van der Waals surface area (Å²) in [6.07, 6.45) is 7.85. The molecule has 0 radical (unpaired) electrons. The van der Waals surface area contributed by atoms with Crippen LogP contribution >= 0.6 is 0 Å². The number of fused-ring (bicyclic) bond motifs is 1. The van der Waals surface area contributed by atoms with Gasteiger partial charge in [0, 0.05) is 35.0 Å². The number of hydrogen-bond acceptors (Lipinski definition) is 5. The van der Waals surface area contributed by atoms with Crippen molar-refractivity contribution in [3.8, 4) is 5.75 Å². The summed E-state index contributed by atoms with van der Waals surface area (Å²) in [5.41, 5.74) is 5.37. The van der Waals surface area contributed by atoms with Crippen LogP contribution in [-0.4, -0.2) is 36.9 Å². The monoisotopic (exact) mass is 501 g/mol. The van der Waals surface area contributed by atoms with Crippen molar-refractivity contribution in [2.75, 3.05) is 26.2 Å². The molecule has 0 amide bonds. The molecule has 2 aromatic carbocycles. The van der Waals surface area contributed by atoms with Crippen LogP contribution < -0.4 is 10.4 Å². The van der Waals surface area contributed by atoms with E-state index in [1.807, 2.05) is 37.3 Å². The van der Waals surface area contributed by atoms with Crippen LogP contribution in [0.2, 0.25) is 0 Å². The van der Waals surface area contributed by atoms with E-state index in [0.29, 0.717) is 23.3 Å². The fourth-order valence-electron chi connectivity index (χ4n) is 4.94. The molecular weight excluding hydrogens is 462 g/mol. The molecule has 1 saturated heterocycles. The molecule has 1 aliphatic heterocycles. The first-order valence-corrected chi connectivity index (χ1v) is 13.5. The zero-order valence-electron chi connectivity index (χ0n) is 22.7. The summed E-state index contributed by atoms with van der Waals surface area (Å²) >= 11 is 0. The van der Waals surface area contributed by atoms with Gasteiger partial charge in [0.2, 0.25) is 0 Å². The Morgan fingerprint density at radius 1 is 1.03 bits per heavy atom. The molecule has 1 aromatic heterocycles. The van der Waals surface area contributed by atoms with E-state index in [0.717, 1.165) is 47.2 Å². The van der Waals surface area contributed by atoms with Crippen molar-refractivity contribution in [3.63, 3.8) is 0 Å². The van der Waals surface area contributed by atoms with Crippen LogP contribution in [0.25, 0.3) is 11.0 Å². The molecule has 0 N–H and O–H groups in total. The van der Waals surface area contributed by atoms with Crippen LogP contribution in [0.1, 0.15) is 72.1 Å². The molecule has 0 aliphatic carbocycles. The number of Topliss-reactive ketones (excluding diaryl/α,β-unsaturated/α-hetero) is 1. The van der Waals surface area contributed by atoms with Crippen LogP contribution in [0, 0.1) is 13.8 Å². The van der Waals surface area contributed by atoms with Gasteiger partial charge in [-0.05, 0) is 102 Å². The quantitative estimate of drug-likeness (QED) is 0.136. The summed E-state index contributed by atoms with van der Waals surface area (Å²) < 4.78 is 11.7. The molecule has 37 heavy (non-hydrogen) atoms. The zero-order valence-corrected chi connectivity index (χ0v) is 22.7. The number of benzene rings is 2. The topological polar surface area (TPSA) is 59.8 Å². The van der Waals surface area contributed by atoms with E-state index in [1.54, 1.807) is 6.07 Å². The van der Waals surface area contributed by atoms with Crippen molar-refractivity contribution in [2.24, 2.45) is 0 Å². The molecule has 0 unspecified atom stereocenters.